The molecule has 0 unspecified atom stereocenters. The van der Waals surface area contributed by atoms with Crippen molar-refractivity contribution >= 4 is 35.0 Å². The molecule has 0 radical (unpaired) electrons. The van der Waals surface area contributed by atoms with Crippen molar-refractivity contribution in [2.75, 3.05) is 17.6 Å². The molecular weight excluding hydrogens is 406 g/mol. The first-order valence-corrected chi connectivity index (χ1v) is 10.9. The summed E-state index contributed by atoms with van der Waals surface area (Å²) in [6.07, 6.45) is 3.33. The number of carbonyl (C=O) groups excluding carboxylic acids is 1. The van der Waals surface area contributed by atoms with Crippen LogP contribution in [-0.4, -0.2) is 39.5 Å². The molecule has 0 saturated heterocycles. The monoisotopic (exact) mass is 433 g/mol. The van der Waals surface area contributed by atoms with Crippen LogP contribution in [0.25, 0.3) is 0 Å². The largest absolute Gasteiger partial charge is 0.480 e. The summed E-state index contributed by atoms with van der Waals surface area (Å²) in [5.74, 6) is -0.440. The third-order valence-electron chi connectivity index (χ3n) is 5.29. The third kappa shape index (κ3) is 4.99. The number of carboxylic acids is 1. The summed E-state index contributed by atoms with van der Waals surface area (Å²) in [5, 5.41) is 15.0. The lowest BCUT2D eigenvalue weighted by atomic mass is 9.92. The van der Waals surface area contributed by atoms with Crippen molar-refractivity contribution in [2.45, 2.75) is 52.0 Å². The van der Waals surface area contributed by atoms with Gasteiger partial charge in [0.25, 0.3) is 11.5 Å². The number of nitrogens with two attached hydrogens (primary N) is 1. The number of hydrogen-bond acceptors (Lipinski definition) is 7. The molecule has 2 aromatic heterocycles. The number of aryl methyl sites for hydroxylation is 2. The molecule has 0 aliphatic carbocycles. The summed E-state index contributed by atoms with van der Waals surface area (Å²) in [6.45, 7) is 4.54. The highest BCUT2D eigenvalue weighted by Crippen LogP contribution is 2.28. The lowest BCUT2D eigenvalue weighted by Gasteiger charge is -2.24. The van der Waals surface area contributed by atoms with E-state index >= 15 is 0 Å². The Hall–Kier alpha value is -2.88. The van der Waals surface area contributed by atoms with Crippen LogP contribution in [0.1, 0.15) is 51.9 Å². The molecule has 30 heavy (non-hydrogen) atoms. The molecule has 10 heteroatoms. The normalized spacial score (nSPS) is 16.4. The summed E-state index contributed by atoms with van der Waals surface area (Å²) in [4.78, 5) is 44.2. The molecule has 1 aliphatic rings. The van der Waals surface area contributed by atoms with Gasteiger partial charge in [0.15, 0.2) is 0 Å². The number of aromatic amines is 1. The van der Waals surface area contributed by atoms with E-state index in [1.165, 1.54) is 11.3 Å². The first-order chi connectivity index (χ1) is 14.3. The molecule has 9 nitrogen and oxygen atoms in total. The molecule has 1 amide bonds. The molecule has 1 aliphatic heterocycles. The Balaban J connectivity index is 1.62. The Bertz CT molecular complexity index is 1000. The molecular formula is C20H27N5O4S. The topological polar surface area (TPSA) is 150 Å². The van der Waals surface area contributed by atoms with E-state index in [1.54, 1.807) is 0 Å². The van der Waals surface area contributed by atoms with Crippen molar-refractivity contribution in [2.24, 2.45) is 5.92 Å². The van der Waals surface area contributed by atoms with Crippen LogP contribution in [0.5, 0.6) is 0 Å². The van der Waals surface area contributed by atoms with Gasteiger partial charge in [0.2, 0.25) is 5.95 Å². The van der Waals surface area contributed by atoms with Gasteiger partial charge in [-0.05, 0) is 50.2 Å². The van der Waals surface area contributed by atoms with Gasteiger partial charge in [-0.1, -0.05) is 13.3 Å². The number of amides is 1. The van der Waals surface area contributed by atoms with Crippen LogP contribution in [0.15, 0.2) is 10.9 Å². The molecule has 0 aromatic carbocycles. The summed E-state index contributed by atoms with van der Waals surface area (Å²) >= 11 is 1.40. The van der Waals surface area contributed by atoms with E-state index in [1.807, 2.05) is 19.9 Å². The van der Waals surface area contributed by atoms with Crippen LogP contribution in [0.2, 0.25) is 0 Å². The predicted molar refractivity (Wildman–Crippen MR) is 116 cm³/mol. The molecule has 0 spiro atoms. The van der Waals surface area contributed by atoms with E-state index in [-0.39, 0.29) is 23.3 Å². The number of aromatic nitrogens is 2. The van der Waals surface area contributed by atoms with Crippen LogP contribution >= 0.6 is 11.3 Å². The zero-order valence-electron chi connectivity index (χ0n) is 17.1. The van der Waals surface area contributed by atoms with Gasteiger partial charge in [-0.25, -0.2) is 4.79 Å². The average molecular weight is 434 g/mol. The lowest BCUT2D eigenvalue weighted by molar-refractivity contribution is -0.139. The van der Waals surface area contributed by atoms with Gasteiger partial charge >= 0.3 is 5.97 Å². The minimum Gasteiger partial charge on any atom is -0.480 e. The van der Waals surface area contributed by atoms with Crippen molar-refractivity contribution in [1.29, 1.82) is 0 Å². The SMILES string of the molecule is CCC[C@H](NC(=O)c1cc(C)c(CC[C@H]2CNc3nc(N)[nH]c(=O)c3C2)s1)C(=O)O. The van der Waals surface area contributed by atoms with E-state index in [4.69, 9.17) is 5.73 Å². The zero-order valence-corrected chi connectivity index (χ0v) is 17.9. The number of nitrogen functional groups attached to an aromatic ring is 1. The van der Waals surface area contributed by atoms with Crippen molar-refractivity contribution in [3.63, 3.8) is 0 Å². The van der Waals surface area contributed by atoms with Crippen molar-refractivity contribution in [3.8, 4) is 0 Å². The van der Waals surface area contributed by atoms with Gasteiger partial charge in [0.05, 0.1) is 10.4 Å². The molecule has 0 bridgehead atoms. The van der Waals surface area contributed by atoms with Crippen molar-refractivity contribution in [3.05, 3.63) is 37.3 Å². The fourth-order valence-corrected chi connectivity index (χ4v) is 4.74. The standard InChI is InChI=1S/C20H27N5O4S/c1-3-4-13(19(28)29)23-18(27)15-7-10(2)14(30-15)6-5-11-8-12-16(22-9-11)24-20(21)25-17(12)26/h7,11,13H,3-6,8-9H2,1-2H3,(H,23,27)(H,28,29)(H4,21,22,24,25,26)/t11-,13+/m1/s1. The molecule has 162 valence electrons. The van der Waals surface area contributed by atoms with Gasteiger partial charge < -0.3 is 21.5 Å². The number of anilines is 2. The number of H-pyrrole nitrogens is 1. The second-order valence-corrected chi connectivity index (χ2v) is 8.77. The number of carboxylic acid groups (broad SMARTS) is 1. The fourth-order valence-electron chi connectivity index (χ4n) is 3.65. The van der Waals surface area contributed by atoms with E-state index in [0.29, 0.717) is 42.1 Å². The van der Waals surface area contributed by atoms with Crippen LogP contribution in [0, 0.1) is 12.8 Å². The van der Waals surface area contributed by atoms with Gasteiger partial charge in [-0.2, -0.15) is 4.98 Å². The highest BCUT2D eigenvalue weighted by atomic mass is 32.1. The van der Waals surface area contributed by atoms with E-state index in [9.17, 15) is 19.5 Å². The number of nitrogens with zero attached hydrogens (tertiary/aromatic N) is 1. The summed E-state index contributed by atoms with van der Waals surface area (Å²) in [6, 6.07) is 0.939. The number of aliphatic carboxylic acids is 1. The number of hydrogen-bond donors (Lipinski definition) is 5. The molecule has 3 rings (SSSR count). The maximum absolute atomic E-state index is 12.5. The fraction of sp³-hybridized carbons (Fsp3) is 0.500. The minimum absolute atomic E-state index is 0.105. The Kier molecular flexibility index (Phi) is 6.76. The average Bonchev–Trinajstić information content (AvgIpc) is 3.06. The van der Waals surface area contributed by atoms with Crippen molar-refractivity contribution in [1.82, 2.24) is 15.3 Å². The first-order valence-electron chi connectivity index (χ1n) is 10.0. The molecule has 6 N–H and O–H groups in total. The van der Waals surface area contributed by atoms with E-state index < -0.39 is 12.0 Å². The molecule has 2 atom stereocenters. The van der Waals surface area contributed by atoms with Crippen LogP contribution in [0.4, 0.5) is 11.8 Å². The second-order valence-electron chi connectivity index (χ2n) is 7.64. The summed E-state index contributed by atoms with van der Waals surface area (Å²) in [7, 11) is 0. The van der Waals surface area contributed by atoms with Crippen LogP contribution in [0.3, 0.4) is 0 Å². The smallest absolute Gasteiger partial charge is 0.326 e. The zero-order chi connectivity index (χ0) is 21.8. The van der Waals surface area contributed by atoms with Gasteiger partial charge in [0, 0.05) is 11.4 Å². The number of nitrogens with one attached hydrogen (secondary N) is 3. The van der Waals surface area contributed by atoms with E-state index in [0.717, 1.165) is 23.3 Å². The van der Waals surface area contributed by atoms with Gasteiger partial charge in [0.1, 0.15) is 11.9 Å². The van der Waals surface area contributed by atoms with Gasteiger partial charge in [-0.3, -0.25) is 14.6 Å². The molecule has 0 fully saturated rings. The third-order valence-corrected chi connectivity index (χ3v) is 6.59. The summed E-state index contributed by atoms with van der Waals surface area (Å²) in [5.41, 5.74) is 7.02. The Morgan fingerprint density at radius 2 is 2.23 bits per heavy atom. The molecule has 3 heterocycles. The summed E-state index contributed by atoms with van der Waals surface area (Å²) < 4.78 is 0. The maximum Gasteiger partial charge on any atom is 0.326 e. The number of thiophene rings is 1. The quantitative estimate of drug-likeness (QED) is 0.427. The Morgan fingerprint density at radius 1 is 1.47 bits per heavy atom. The van der Waals surface area contributed by atoms with Crippen molar-refractivity contribution < 1.29 is 14.7 Å². The highest BCUT2D eigenvalue weighted by molar-refractivity contribution is 7.14. The maximum atomic E-state index is 12.5. The molecule has 0 saturated carbocycles. The predicted octanol–water partition coefficient (Wildman–Crippen LogP) is 1.92. The number of carbonyl (C=O) groups is 2. The number of rotatable bonds is 8. The first kappa shape index (κ1) is 21.8. The van der Waals surface area contributed by atoms with Crippen LogP contribution in [-0.2, 0) is 17.6 Å². The van der Waals surface area contributed by atoms with E-state index in [2.05, 4.69) is 20.6 Å². The van der Waals surface area contributed by atoms with Crippen LogP contribution < -0.4 is 21.9 Å². The second kappa shape index (κ2) is 9.29. The Labute approximate surface area is 178 Å². The highest BCUT2D eigenvalue weighted by Gasteiger charge is 2.24. The lowest BCUT2D eigenvalue weighted by Crippen LogP contribution is -2.40. The Morgan fingerprint density at radius 3 is 2.93 bits per heavy atom. The van der Waals surface area contributed by atoms with Gasteiger partial charge in [-0.15, -0.1) is 11.3 Å². The number of fused-ring (bicyclic) bond motifs is 1. The minimum atomic E-state index is -1.02. The molecule has 2 aromatic rings.